The minimum absolute atomic E-state index is 0.0235. The molecule has 1 heterocycles. The van der Waals surface area contributed by atoms with Crippen molar-refractivity contribution in [2.45, 2.75) is 0 Å². The first-order chi connectivity index (χ1) is 5.25. The van der Waals surface area contributed by atoms with Crippen LogP contribution in [0.1, 0.15) is 0 Å². The fourth-order valence-corrected chi connectivity index (χ4v) is 1.08. The molecule has 0 radical (unpaired) electrons. The fourth-order valence-electron chi connectivity index (χ4n) is 0.611. The Morgan fingerprint density at radius 2 is 2.55 bits per heavy atom. The Kier molecular flexibility index (Phi) is 2.92. The molecule has 0 fully saturated rings. The molecule has 0 saturated carbocycles. The van der Waals surface area contributed by atoms with Crippen molar-refractivity contribution in [1.82, 2.24) is 0 Å². The highest BCUT2D eigenvalue weighted by atomic mass is 127. The zero-order chi connectivity index (χ0) is 8.27. The summed E-state index contributed by atoms with van der Waals surface area (Å²) in [6.07, 6.45) is 1.60. The van der Waals surface area contributed by atoms with Gasteiger partial charge in [-0.3, -0.25) is 4.79 Å². The van der Waals surface area contributed by atoms with Crippen LogP contribution in [0.3, 0.4) is 0 Å². The lowest BCUT2D eigenvalue weighted by molar-refractivity contribution is -0.116. The third-order valence-electron chi connectivity index (χ3n) is 1.09. The standard InChI is InChI=1S/C7H7IO3/c1-2-3-10-7-6(8)5(9)4-11-7/h2H,1,3-4H2. The smallest absolute Gasteiger partial charge is 0.297 e. The Balaban J connectivity index is 2.56. The van der Waals surface area contributed by atoms with Gasteiger partial charge in [0.15, 0.2) is 6.61 Å². The minimum atomic E-state index is -0.0235. The number of rotatable bonds is 3. The molecule has 1 aliphatic heterocycles. The number of ketones is 1. The number of hydrogen-bond acceptors (Lipinski definition) is 3. The number of carbonyl (C=O) groups excluding carboxylic acids is 1. The molecule has 0 atom stereocenters. The second-order valence-electron chi connectivity index (χ2n) is 1.91. The summed E-state index contributed by atoms with van der Waals surface area (Å²) >= 11 is 1.91. The third-order valence-corrected chi connectivity index (χ3v) is 2.13. The van der Waals surface area contributed by atoms with Gasteiger partial charge in [0.25, 0.3) is 5.95 Å². The number of ether oxygens (including phenoxy) is 2. The average molecular weight is 266 g/mol. The first-order valence-corrected chi connectivity index (χ1v) is 4.13. The summed E-state index contributed by atoms with van der Waals surface area (Å²) in [5.74, 6) is 0.306. The second-order valence-corrected chi connectivity index (χ2v) is 2.99. The zero-order valence-corrected chi connectivity index (χ0v) is 7.96. The van der Waals surface area contributed by atoms with Gasteiger partial charge in [0.1, 0.15) is 10.2 Å². The van der Waals surface area contributed by atoms with Crippen molar-refractivity contribution >= 4 is 28.4 Å². The number of carbonyl (C=O) groups is 1. The van der Waals surface area contributed by atoms with Gasteiger partial charge in [-0.1, -0.05) is 12.7 Å². The van der Waals surface area contributed by atoms with E-state index in [0.717, 1.165) is 0 Å². The van der Waals surface area contributed by atoms with Crippen LogP contribution in [0.4, 0.5) is 0 Å². The van der Waals surface area contributed by atoms with Crippen LogP contribution in [0.15, 0.2) is 22.2 Å². The molecule has 4 heteroatoms. The molecule has 0 aromatic rings. The van der Waals surface area contributed by atoms with E-state index in [1.54, 1.807) is 6.08 Å². The fraction of sp³-hybridized carbons (Fsp3) is 0.286. The number of halogens is 1. The van der Waals surface area contributed by atoms with Gasteiger partial charge in [-0.2, -0.15) is 0 Å². The Bertz CT molecular complexity index is 220. The van der Waals surface area contributed by atoms with Gasteiger partial charge in [-0.25, -0.2) is 0 Å². The summed E-state index contributed by atoms with van der Waals surface area (Å²) in [5.41, 5.74) is 0. The first-order valence-electron chi connectivity index (χ1n) is 3.05. The van der Waals surface area contributed by atoms with Crippen molar-refractivity contribution in [1.29, 1.82) is 0 Å². The number of hydrogen-bond donors (Lipinski definition) is 0. The molecule has 3 nitrogen and oxygen atoms in total. The summed E-state index contributed by atoms with van der Waals surface area (Å²) in [5, 5.41) is 0. The predicted octanol–water partition coefficient (Wildman–Crippen LogP) is 1.39. The molecule has 0 saturated heterocycles. The largest absolute Gasteiger partial charge is 0.460 e. The molecule has 0 aliphatic carbocycles. The van der Waals surface area contributed by atoms with Crippen LogP contribution in [-0.4, -0.2) is 19.0 Å². The van der Waals surface area contributed by atoms with Crippen LogP contribution in [-0.2, 0) is 14.3 Å². The summed E-state index contributed by atoms with van der Waals surface area (Å²) < 4.78 is 10.5. The zero-order valence-electron chi connectivity index (χ0n) is 5.80. The van der Waals surface area contributed by atoms with Crippen LogP contribution in [0.2, 0.25) is 0 Å². The van der Waals surface area contributed by atoms with Crippen molar-refractivity contribution < 1.29 is 14.3 Å². The Morgan fingerprint density at radius 1 is 1.82 bits per heavy atom. The van der Waals surface area contributed by atoms with E-state index in [0.29, 0.717) is 16.1 Å². The van der Waals surface area contributed by atoms with Gasteiger partial charge in [0.2, 0.25) is 5.78 Å². The molecule has 0 aromatic carbocycles. The molecule has 0 N–H and O–H groups in total. The van der Waals surface area contributed by atoms with Gasteiger partial charge >= 0.3 is 0 Å². The molecule has 0 bridgehead atoms. The van der Waals surface area contributed by atoms with Crippen molar-refractivity contribution in [3.63, 3.8) is 0 Å². The lowest BCUT2D eigenvalue weighted by atomic mass is 10.4. The van der Waals surface area contributed by atoms with Crippen LogP contribution < -0.4 is 0 Å². The van der Waals surface area contributed by atoms with E-state index < -0.39 is 0 Å². The minimum Gasteiger partial charge on any atom is -0.460 e. The average Bonchev–Trinajstić information content (AvgIpc) is 2.31. The lowest BCUT2D eigenvalue weighted by Gasteiger charge is -2.02. The maximum Gasteiger partial charge on any atom is 0.297 e. The second kappa shape index (κ2) is 3.75. The van der Waals surface area contributed by atoms with Crippen molar-refractivity contribution in [3.05, 3.63) is 22.2 Å². The van der Waals surface area contributed by atoms with E-state index in [9.17, 15) is 4.79 Å². The maximum absolute atomic E-state index is 10.9. The molecule has 0 unspecified atom stereocenters. The Hall–Kier alpha value is -0.520. The highest BCUT2D eigenvalue weighted by molar-refractivity contribution is 14.1. The van der Waals surface area contributed by atoms with Gasteiger partial charge < -0.3 is 9.47 Å². The van der Waals surface area contributed by atoms with Crippen LogP contribution in [0, 0.1) is 0 Å². The van der Waals surface area contributed by atoms with Gasteiger partial charge in [-0.05, 0) is 22.6 Å². The normalized spacial score (nSPS) is 16.6. The SMILES string of the molecule is C=CCOC1=C(I)C(=O)CO1. The highest BCUT2D eigenvalue weighted by Gasteiger charge is 2.23. The monoisotopic (exact) mass is 266 g/mol. The summed E-state index contributed by atoms with van der Waals surface area (Å²) in [6.45, 7) is 3.95. The van der Waals surface area contributed by atoms with E-state index >= 15 is 0 Å². The topological polar surface area (TPSA) is 35.5 Å². The van der Waals surface area contributed by atoms with E-state index in [4.69, 9.17) is 9.47 Å². The van der Waals surface area contributed by atoms with E-state index in [1.165, 1.54) is 0 Å². The van der Waals surface area contributed by atoms with Crippen LogP contribution in [0.5, 0.6) is 0 Å². The molecule has 0 amide bonds. The third kappa shape index (κ3) is 1.95. The van der Waals surface area contributed by atoms with E-state index in [-0.39, 0.29) is 12.4 Å². The van der Waals surface area contributed by atoms with Crippen LogP contribution in [0.25, 0.3) is 0 Å². The molecular formula is C7H7IO3. The Morgan fingerprint density at radius 3 is 3.00 bits per heavy atom. The quantitative estimate of drug-likeness (QED) is 0.572. The van der Waals surface area contributed by atoms with Crippen molar-refractivity contribution in [2.24, 2.45) is 0 Å². The van der Waals surface area contributed by atoms with Gasteiger partial charge in [0.05, 0.1) is 0 Å². The summed E-state index contributed by atoms with van der Waals surface area (Å²) in [4.78, 5) is 10.9. The van der Waals surface area contributed by atoms with Crippen molar-refractivity contribution in [2.75, 3.05) is 13.2 Å². The molecule has 0 spiro atoms. The predicted molar refractivity (Wildman–Crippen MR) is 48.2 cm³/mol. The van der Waals surface area contributed by atoms with E-state index in [2.05, 4.69) is 6.58 Å². The molecule has 1 rings (SSSR count). The summed E-state index contributed by atoms with van der Waals surface area (Å²) in [6, 6.07) is 0. The van der Waals surface area contributed by atoms with Gasteiger partial charge in [-0.15, -0.1) is 0 Å². The molecular weight excluding hydrogens is 259 g/mol. The Labute approximate surface area is 78.2 Å². The molecule has 60 valence electrons. The van der Waals surface area contributed by atoms with Crippen molar-refractivity contribution in [3.8, 4) is 0 Å². The highest BCUT2D eigenvalue weighted by Crippen LogP contribution is 2.22. The van der Waals surface area contributed by atoms with Crippen LogP contribution >= 0.6 is 22.6 Å². The summed E-state index contributed by atoms with van der Waals surface area (Å²) in [7, 11) is 0. The molecule has 1 aliphatic rings. The van der Waals surface area contributed by atoms with Gasteiger partial charge in [0, 0.05) is 0 Å². The van der Waals surface area contributed by atoms with E-state index in [1.807, 2.05) is 22.6 Å². The molecule has 11 heavy (non-hydrogen) atoms. The first kappa shape index (κ1) is 8.58. The maximum atomic E-state index is 10.9. The number of Topliss-reactive ketones (excluding diaryl/α,β-unsaturated/α-hetero) is 1. The molecule has 0 aromatic heterocycles. The lowest BCUT2D eigenvalue weighted by Crippen LogP contribution is -1.95.